The van der Waals surface area contributed by atoms with E-state index in [1.807, 2.05) is 12.1 Å². The van der Waals surface area contributed by atoms with Crippen LogP contribution in [0.3, 0.4) is 0 Å². The smallest absolute Gasteiger partial charge is 0.239 e. The van der Waals surface area contributed by atoms with Crippen LogP contribution >= 0.6 is 23.2 Å². The van der Waals surface area contributed by atoms with Crippen molar-refractivity contribution >= 4 is 40.7 Å². The molecule has 0 radical (unpaired) electrons. The van der Waals surface area contributed by atoms with Gasteiger partial charge in [-0.25, -0.2) is 0 Å². The summed E-state index contributed by atoms with van der Waals surface area (Å²) < 4.78 is 0. The maximum absolute atomic E-state index is 12.8. The first-order valence-corrected chi connectivity index (χ1v) is 8.89. The maximum atomic E-state index is 12.8. The van der Waals surface area contributed by atoms with E-state index in [0.29, 0.717) is 28.7 Å². The van der Waals surface area contributed by atoms with Gasteiger partial charge in [0.2, 0.25) is 11.8 Å². The van der Waals surface area contributed by atoms with Crippen LogP contribution in [0.1, 0.15) is 19.4 Å². The minimum Gasteiger partial charge on any atom is -0.345 e. The predicted octanol–water partition coefficient (Wildman–Crippen LogP) is 4.05. The third kappa shape index (κ3) is 4.74. The number of hydrogen-bond acceptors (Lipinski definition) is 3. The van der Waals surface area contributed by atoms with Crippen molar-refractivity contribution in [2.24, 2.45) is 5.41 Å². The molecular formula is C19H21Cl2N3O2. The average Bonchev–Trinajstić information content (AvgIpc) is 2.62. The minimum atomic E-state index is -1.27. The molecule has 0 bridgehead atoms. The Kier molecular flexibility index (Phi) is 6.62. The molecule has 2 rings (SSSR count). The van der Waals surface area contributed by atoms with E-state index in [2.05, 4.69) is 10.3 Å². The molecule has 0 unspecified atom stereocenters. The predicted molar refractivity (Wildman–Crippen MR) is 104 cm³/mol. The SMILES string of the molecule is CN(CCc1ccncc1)C(=O)C(C)(C)C(=O)Nc1c(Cl)cccc1Cl. The molecule has 2 amide bonds. The number of halogens is 2. The third-order valence-electron chi connectivity index (χ3n) is 4.14. The molecule has 26 heavy (non-hydrogen) atoms. The Morgan fingerprint density at radius 1 is 1.12 bits per heavy atom. The quantitative estimate of drug-likeness (QED) is 0.752. The number of anilines is 1. The summed E-state index contributed by atoms with van der Waals surface area (Å²) in [6.07, 6.45) is 4.10. The zero-order valence-corrected chi connectivity index (χ0v) is 16.4. The fourth-order valence-corrected chi connectivity index (χ4v) is 2.90. The van der Waals surface area contributed by atoms with Gasteiger partial charge in [0.05, 0.1) is 15.7 Å². The van der Waals surface area contributed by atoms with Crippen molar-refractivity contribution in [2.75, 3.05) is 18.9 Å². The molecule has 1 heterocycles. The average molecular weight is 394 g/mol. The summed E-state index contributed by atoms with van der Waals surface area (Å²) >= 11 is 12.2. The summed E-state index contributed by atoms with van der Waals surface area (Å²) in [6, 6.07) is 8.73. The summed E-state index contributed by atoms with van der Waals surface area (Å²) in [5, 5.41) is 3.31. The minimum absolute atomic E-state index is 0.285. The van der Waals surface area contributed by atoms with E-state index in [-0.39, 0.29) is 5.91 Å². The largest absolute Gasteiger partial charge is 0.345 e. The second-order valence-corrected chi connectivity index (χ2v) is 7.32. The van der Waals surface area contributed by atoms with E-state index >= 15 is 0 Å². The number of carbonyl (C=O) groups is 2. The Hall–Kier alpha value is -2.11. The van der Waals surface area contributed by atoms with Crippen LogP contribution in [0.25, 0.3) is 0 Å². The van der Waals surface area contributed by atoms with Crippen molar-refractivity contribution < 1.29 is 9.59 Å². The molecule has 7 heteroatoms. The molecule has 0 aliphatic rings. The van der Waals surface area contributed by atoms with E-state index < -0.39 is 11.3 Å². The van der Waals surface area contributed by atoms with Crippen molar-refractivity contribution in [2.45, 2.75) is 20.3 Å². The van der Waals surface area contributed by atoms with Gasteiger partial charge in [0.1, 0.15) is 5.41 Å². The Morgan fingerprint density at radius 2 is 1.69 bits per heavy atom. The summed E-state index contributed by atoms with van der Waals surface area (Å²) in [5.41, 5.74) is 0.112. The zero-order chi connectivity index (χ0) is 19.3. The van der Waals surface area contributed by atoms with E-state index in [1.54, 1.807) is 56.4 Å². The highest BCUT2D eigenvalue weighted by Crippen LogP contribution is 2.31. The highest BCUT2D eigenvalue weighted by Gasteiger charge is 2.38. The first-order chi connectivity index (χ1) is 12.2. The van der Waals surface area contributed by atoms with Crippen LogP contribution in [-0.2, 0) is 16.0 Å². The van der Waals surface area contributed by atoms with Gasteiger partial charge in [0, 0.05) is 26.0 Å². The molecular weight excluding hydrogens is 373 g/mol. The molecule has 1 aromatic carbocycles. The zero-order valence-electron chi connectivity index (χ0n) is 14.9. The number of hydrogen-bond donors (Lipinski definition) is 1. The highest BCUT2D eigenvalue weighted by atomic mass is 35.5. The Balaban J connectivity index is 2.04. The number of carbonyl (C=O) groups excluding carboxylic acids is 2. The molecule has 0 saturated heterocycles. The molecule has 0 saturated carbocycles. The highest BCUT2D eigenvalue weighted by molar-refractivity contribution is 6.40. The Labute approximate surface area is 163 Å². The number of pyridine rings is 1. The number of likely N-dealkylation sites (N-methyl/N-ethyl adjacent to an activating group) is 1. The molecule has 2 aromatic rings. The van der Waals surface area contributed by atoms with Crippen molar-refractivity contribution in [3.8, 4) is 0 Å². The van der Waals surface area contributed by atoms with E-state index in [9.17, 15) is 9.59 Å². The van der Waals surface area contributed by atoms with Gasteiger partial charge in [0.15, 0.2) is 0 Å². The first kappa shape index (κ1) is 20.2. The molecule has 0 aliphatic heterocycles. The lowest BCUT2D eigenvalue weighted by Crippen LogP contribution is -2.46. The third-order valence-corrected chi connectivity index (χ3v) is 4.77. The molecule has 0 fully saturated rings. The summed E-state index contributed by atoms with van der Waals surface area (Å²) in [7, 11) is 1.68. The number of aromatic nitrogens is 1. The molecule has 5 nitrogen and oxygen atoms in total. The topological polar surface area (TPSA) is 62.3 Å². The monoisotopic (exact) mass is 393 g/mol. The maximum Gasteiger partial charge on any atom is 0.239 e. The van der Waals surface area contributed by atoms with Gasteiger partial charge in [-0.3, -0.25) is 14.6 Å². The number of para-hydroxylation sites is 1. The van der Waals surface area contributed by atoms with Crippen molar-refractivity contribution in [1.82, 2.24) is 9.88 Å². The van der Waals surface area contributed by atoms with Gasteiger partial charge >= 0.3 is 0 Å². The lowest BCUT2D eigenvalue weighted by Gasteiger charge is -2.28. The Morgan fingerprint density at radius 3 is 2.27 bits per heavy atom. The fourth-order valence-electron chi connectivity index (χ4n) is 2.41. The van der Waals surface area contributed by atoms with Crippen molar-refractivity contribution in [3.05, 3.63) is 58.3 Å². The summed E-state index contributed by atoms with van der Waals surface area (Å²) in [4.78, 5) is 31.0. The van der Waals surface area contributed by atoms with E-state index in [0.717, 1.165) is 5.56 Å². The number of benzene rings is 1. The number of amides is 2. The Bertz CT molecular complexity index is 774. The second-order valence-electron chi connectivity index (χ2n) is 6.51. The van der Waals surface area contributed by atoms with Crippen LogP contribution in [0, 0.1) is 5.41 Å². The summed E-state index contributed by atoms with van der Waals surface area (Å²) in [5.74, 6) is -0.750. The number of rotatable bonds is 6. The normalized spacial score (nSPS) is 11.1. The van der Waals surface area contributed by atoms with Crippen LogP contribution < -0.4 is 5.32 Å². The molecule has 138 valence electrons. The van der Waals surface area contributed by atoms with Crippen molar-refractivity contribution in [3.63, 3.8) is 0 Å². The standard InChI is InChI=1S/C19H21Cl2N3O2/c1-19(2,17(25)23-16-14(20)5-4-6-15(16)21)18(26)24(3)12-9-13-7-10-22-11-8-13/h4-8,10-11H,9,12H2,1-3H3,(H,23,25). The lowest BCUT2D eigenvalue weighted by atomic mass is 9.90. The van der Waals surface area contributed by atoms with Gasteiger partial charge in [-0.2, -0.15) is 0 Å². The first-order valence-electron chi connectivity index (χ1n) is 8.13. The molecule has 1 aromatic heterocycles. The number of nitrogens with zero attached hydrogens (tertiary/aromatic N) is 2. The molecule has 0 atom stereocenters. The van der Waals surface area contributed by atoms with Gasteiger partial charge in [-0.15, -0.1) is 0 Å². The molecule has 1 N–H and O–H groups in total. The van der Waals surface area contributed by atoms with E-state index in [4.69, 9.17) is 23.2 Å². The van der Waals surface area contributed by atoms with Gasteiger partial charge in [0.25, 0.3) is 0 Å². The molecule has 0 aliphatic carbocycles. The summed E-state index contributed by atoms with van der Waals surface area (Å²) in [6.45, 7) is 3.66. The van der Waals surface area contributed by atoms with Gasteiger partial charge in [-0.05, 0) is 50.1 Å². The van der Waals surface area contributed by atoms with Gasteiger partial charge < -0.3 is 10.2 Å². The number of nitrogens with one attached hydrogen (secondary N) is 1. The lowest BCUT2D eigenvalue weighted by molar-refractivity contribution is -0.145. The van der Waals surface area contributed by atoms with Crippen LogP contribution in [0.4, 0.5) is 5.69 Å². The molecule has 0 spiro atoms. The van der Waals surface area contributed by atoms with Gasteiger partial charge in [-0.1, -0.05) is 29.3 Å². The van der Waals surface area contributed by atoms with Crippen molar-refractivity contribution in [1.29, 1.82) is 0 Å². The van der Waals surface area contributed by atoms with Crippen LogP contribution in [-0.4, -0.2) is 35.3 Å². The van der Waals surface area contributed by atoms with Crippen LogP contribution in [0.15, 0.2) is 42.7 Å². The fraction of sp³-hybridized carbons (Fsp3) is 0.316. The van der Waals surface area contributed by atoms with E-state index in [1.165, 1.54) is 0 Å². The van der Waals surface area contributed by atoms with Crippen LogP contribution in [0.5, 0.6) is 0 Å². The second kappa shape index (κ2) is 8.52. The van der Waals surface area contributed by atoms with Crippen LogP contribution in [0.2, 0.25) is 10.0 Å².